The van der Waals surface area contributed by atoms with Gasteiger partial charge in [0.05, 0.1) is 5.60 Å². The van der Waals surface area contributed by atoms with Gasteiger partial charge in [0, 0.05) is 23.7 Å². The van der Waals surface area contributed by atoms with Crippen LogP contribution in [0.5, 0.6) is 0 Å². The third-order valence-electron chi connectivity index (χ3n) is 6.85. The fourth-order valence-electron chi connectivity index (χ4n) is 5.47. The molecule has 1 aromatic carbocycles. The van der Waals surface area contributed by atoms with Gasteiger partial charge in [-0.1, -0.05) is 24.3 Å². The first-order valence-electron chi connectivity index (χ1n) is 10.4. The quantitative estimate of drug-likeness (QED) is 0.768. The lowest BCUT2D eigenvalue weighted by Crippen LogP contribution is -2.78. The van der Waals surface area contributed by atoms with Gasteiger partial charge in [0.25, 0.3) is 12.3 Å². The van der Waals surface area contributed by atoms with Crippen LogP contribution in [0.2, 0.25) is 0 Å². The fourth-order valence-corrected chi connectivity index (χ4v) is 5.47. The highest BCUT2D eigenvalue weighted by atomic mass is 19.3. The van der Waals surface area contributed by atoms with E-state index in [2.05, 4.69) is 4.98 Å². The number of piperazine rings is 1. The average Bonchev–Trinajstić information content (AvgIpc) is 2.69. The Hall–Kier alpha value is -2.94. The molecule has 0 spiro atoms. The zero-order chi connectivity index (χ0) is 22.8. The molecule has 9 heteroatoms. The van der Waals surface area contributed by atoms with Crippen molar-refractivity contribution in [2.45, 2.75) is 50.8 Å². The number of aromatic nitrogens is 1. The van der Waals surface area contributed by atoms with E-state index >= 15 is 0 Å². The van der Waals surface area contributed by atoms with E-state index in [0.717, 1.165) is 4.90 Å². The predicted octanol–water partition coefficient (Wildman–Crippen LogP) is 3.13. The summed E-state index contributed by atoms with van der Waals surface area (Å²) in [5.74, 6) is -1.70. The van der Waals surface area contributed by atoms with Crippen LogP contribution in [0, 0.1) is 18.2 Å². The van der Waals surface area contributed by atoms with Crippen LogP contribution in [-0.2, 0) is 16.1 Å². The van der Waals surface area contributed by atoms with E-state index in [0.29, 0.717) is 30.4 Å². The Labute approximate surface area is 182 Å². The number of hydrogen-bond acceptors (Lipinski definition) is 4. The number of amides is 2. The second kappa shape index (κ2) is 7.03. The number of halogens is 3. The van der Waals surface area contributed by atoms with Gasteiger partial charge in [0.1, 0.15) is 12.6 Å². The number of rotatable bonds is 5. The number of hydrogen-bond donors (Lipinski definition) is 1. The van der Waals surface area contributed by atoms with Gasteiger partial charge >= 0.3 is 0 Å². The highest BCUT2D eigenvalue weighted by Crippen LogP contribution is 2.70. The first-order chi connectivity index (χ1) is 15.1. The Morgan fingerprint density at radius 3 is 2.41 bits per heavy atom. The molecule has 3 aliphatic carbocycles. The van der Waals surface area contributed by atoms with E-state index in [9.17, 15) is 27.9 Å². The number of aliphatic hydroxyl groups is 1. The summed E-state index contributed by atoms with van der Waals surface area (Å²) in [5.41, 5.74) is -0.290. The minimum atomic E-state index is -2.60. The van der Waals surface area contributed by atoms with Gasteiger partial charge in [-0.15, -0.1) is 0 Å². The molecule has 32 heavy (non-hydrogen) atoms. The van der Waals surface area contributed by atoms with E-state index in [1.165, 1.54) is 41.4 Å². The first kappa shape index (κ1) is 20.9. The number of anilines is 1. The molecule has 0 unspecified atom stereocenters. The topological polar surface area (TPSA) is 73.7 Å². The van der Waals surface area contributed by atoms with Crippen LogP contribution in [0.15, 0.2) is 36.5 Å². The molecule has 168 valence electrons. The maximum atomic E-state index is 14.6. The molecule has 6 rings (SSSR count). The molecule has 1 aliphatic heterocycles. The molecule has 4 fully saturated rings. The lowest BCUT2D eigenvalue weighted by Gasteiger charge is -2.71. The molecule has 1 atom stereocenters. The van der Waals surface area contributed by atoms with Crippen LogP contribution in [0.3, 0.4) is 0 Å². The lowest BCUT2D eigenvalue weighted by molar-refractivity contribution is -0.280. The standard InChI is InChI=1S/C23H22F3N3O3/c1-13-6-16(24)20(27-7-13)29-9-17(30)28(8-14-2-4-15(5-3-14)19(25)26)18(21(29)31)22-10-23(32,11-22)12-22/h2-7,18-19,32H,8-12H2,1H3/t18-,22?,23?/m0/s1. The van der Waals surface area contributed by atoms with Gasteiger partial charge in [-0.2, -0.15) is 0 Å². The second-order valence-corrected chi connectivity index (χ2v) is 9.33. The summed E-state index contributed by atoms with van der Waals surface area (Å²) in [6.07, 6.45) is 0.0140. The van der Waals surface area contributed by atoms with Gasteiger partial charge < -0.3 is 10.0 Å². The molecule has 1 aromatic heterocycles. The third-order valence-corrected chi connectivity index (χ3v) is 6.85. The normalized spacial score (nSPS) is 29.2. The van der Waals surface area contributed by atoms with Crippen molar-refractivity contribution in [1.82, 2.24) is 9.88 Å². The van der Waals surface area contributed by atoms with E-state index < -0.39 is 35.2 Å². The van der Waals surface area contributed by atoms with Crippen molar-refractivity contribution in [3.63, 3.8) is 0 Å². The molecule has 3 saturated carbocycles. The molecule has 2 bridgehead atoms. The number of benzene rings is 1. The molecule has 1 N–H and O–H groups in total. The Morgan fingerprint density at radius 1 is 1.19 bits per heavy atom. The van der Waals surface area contributed by atoms with Crippen molar-refractivity contribution in [2.24, 2.45) is 5.41 Å². The Bertz CT molecular complexity index is 1090. The van der Waals surface area contributed by atoms with Crippen LogP contribution in [0.25, 0.3) is 0 Å². The van der Waals surface area contributed by atoms with Crippen LogP contribution >= 0.6 is 0 Å². The zero-order valence-corrected chi connectivity index (χ0v) is 17.4. The average molecular weight is 445 g/mol. The largest absolute Gasteiger partial charge is 0.390 e. The van der Waals surface area contributed by atoms with Gasteiger partial charge in [-0.05, 0) is 43.4 Å². The number of aryl methyl sites for hydroxylation is 1. The summed E-state index contributed by atoms with van der Waals surface area (Å²) >= 11 is 0. The summed E-state index contributed by atoms with van der Waals surface area (Å²) in [4.78, 5) is 33.3. The van der Waals surface area contributed by atoms with Crippen molar-refractivity contribution in [3.05, 3.63) is 59.0 Å². The minimum Gasteiger partial charge on any atom is -0.390 e. The Kier molecular flexibility index (Phi) is 4.60. The fraction of sp³-hybridized carbons (Fsp3) is 0.435. The Morgan fingerprint density at radius 2 is 1.84 bits per heavy atom. The summed E-state index contributed by atoms with van der Waals surface area (Å²) in [6, 6.07) is 6.00. The Balaban J connectivity index is 1.47. The number of carbonyl (C=O) groups is 2. The summed E-state index contributed by atoms with van der Waals surface area (Å²) in [5, 5.41) is 10.3. The van der Waals surface area contributed by atoms with Gasteiger partial charge in [0.2, 0.25) is 5.91 Å². The van der Waals surface area contributed by atoms with E-state index in [4.69, 9.17) is 0 Å². The molecule has 1 saturated heterocycles. The lowest BCUT2D eigenvalue weighted by atomic mass is 9.38. The number of nitrogens with zero attached hydrogens (tertiary/aromatic N) is 3. The minimum absolute atomic E-state index is 0.0661. The SMILES string of the molecule is Cc1cnc(N2CC(=O)N(Cc3ccc(C(F)F)cc3)[C@H](C34CC(O)(C3)C4)C2=O)c(F)c1. The van der Waals surface area contributed by atoms with Crippen molar-refractivity contribution >= 4 is 17.6 Å². The van der Waals surface area contributed by atoms with Crippen LogP contribution < -0.4 is 4.90 Å². The van der Waals surface area contributed by atoms with Crippen molar-refractivity contribution in [2.75, 3.05) is 11.4 Å². The number of alkyl halides is 2. The van der Waals surface area contributed by atoms with Crippen molar-refractivity contribution in [1.29, 1.82) is 0 Å². The van der Waals surface area contributed by atoms with Crippen molar-refractivity contribution in [3.8, 4) is 0 Å². The molecule has 4 aliphatic rings. The molecule has 2 aromatic rings. The summed E-state index contributed by atoms with van der Waals surface area (Å²) < 4.78 is 40.3. The smallest absolute Gasteiger partial charge is 0.263 e. The molecule has 2 heterocycles. The van der Waals surface area contributed by atoms with Crippen LogP contribution in [0.1, 0.15) is 42.4 Å². The second-order valence-electron chi connectivity index (χ2n) is 9.33. The van der Waals surface area contributed by atoms with E-state index in [1.54, 1.807) is 6.92 Å². The van der Waals surface area contributed by atoms with Gasteiger partial charge in [-0.3, -0.25) is 14.5 Å². The highest BCUT2D eigenvalue weighted by molar-refractivity contribution is 6.06. The monoisotopic (exact) mass is 445 g/mol. The number of pyridine rings is 1. The zero-order valence-electron chi connectivity index (χ0n) is 17.4. The van der Waals surface area contributed by atoms with Gasteiger partial charge in [0.15, 0.2) is 11.6 Å². The highest BCUT2D eigenvalue weighted by Gasteiger charge is 2.73. The maximum Gasteiger partial charge on any atom is 0.263 e. The van der Waals surface area contributed by atoms with Crippen LogP contribution in [-0.4, -0.2) is 45.0 Å². The molecular formula is C23H22F3N3O3. The number of carbonyl (C=O) groups excluding carboxylic acids is 2. The van der Waals surface area contributed by atoms with E-state index in [-0.39, 0.29) is 30.4 Å². The molecule has 2 amide bonds. The summed E-state index contributed by atoms with van der Waals surface area (Å²) in [7, 11) is 0. The molecular weight excluding hydrogens is 423 g/mol. The van der Waals surface area contributed by atoms with E-state index in [1.807, 2.05) is 0 Å². The first-order valence-corrected chi connectivity index (χ1v) is 10.4. The summed E-state index contributed by atoms with van der Waals surface area (Å²) in [6.45, 7) is 1.38. The predicted molar refractivity (Wildman–Crippen MR) is 108 cm³/mol. The molecule has 0 radical (unpaired) electrons. The third kappa shape index (κ3) is 3.18. The van der Waals surface area contributed by atoms with Crippen LogP contribution in [0.4, 0.5) is 19.0 Å². The van der Waals surface area contributed by atoms with Gasteiger partial charge in [-0.25, -0.2) is 18.2 Å². The maximum absolute atomic E-state index is 14.6. The van der Waals surface area contributed by atoms with Crippen molar-refractivity contribution < 1.29 is 27.9 Å². The molecule has 6 nitrogen and oxygen atoms in total.